The lowest BCUT2D eigenvalue weighted by molar-refractivity contribution is -0.139. The predicted octanol–water partition coefficient (Wildman–Crippen LogP) is 3.11. The van der Waals surface area contributed by atoms with E-state index in [0.717, 1.165) is 12.0 Å². The molecule has 0 saturated heterocycles. The fourth-order valence-electron chi connectivity index (χ4n) is 4.78. The molecule has 0 spiro atoms. The second-order valence-electron chi connectivity index (χ2n) is 8.46. The van der Waals surface area contributed by atoms with Crippen LogP contribution in [0.2, 0.25) is 0 Å². The summed E-state index contributed by atoms with van der Waals surface area (Å²) < 4.78 is 7.13. The summed E-state index contributed by atoms with van der Waals surface area (Å²) in [5.74, 6) is 0.0919. The standard InChI is InChI=1S/C26H27N5O3/c1-3-34-25(33)23-18(2)30(16-22(32)29-14-13-19-9-7-8-12-21(19)15-29)26-27-17-28-31(26)24(23)20-10-5-4-6-11-20/h4-12,17,24H,3,13-16H2,1-2H3/t24-/m0/s1. The summed E-state index contributed by atoms with van der Waals surface area (Å²) in [6.07, 6.45) is 2.29. The number of benzene rings is 2. The molecule has 0 unspecified atom stereocenters. The zero-order valence-corrected chi connectivity index (χ0v) is 19.3. The van der Waals surface area contributed by atoms with E-state index < -0.39 is 12.0 Å². The topological polar surface area (TPSA) is 80.6 Å². The van der Waals surface area contributed by atoms with E-state index in [1.165, 1.54) is 17.5 Å². The van der Waals surface area contributed by atoms with Gasteiger partial charge in [0.25, 0.3) is 0 Å². The molecule has 5 rings (SSSR count). The van der Waals surface area contributed by atoms with Crippen molar-refractivity contribution in [2.45, 2.75) is 32.9 Å². The Balaban J connectivity index is 1.49. The Kier molecular flexibility index (Phi) is 5.88. The number of amides is 1. The van der Waals surface area contributed by atoms with Crippen LogP contribution >= 0.6 is 0 Å². The first kappa shape index (κ1) is 21.9. The summed E-state index contributed by atoms with van der Waals surface area (Å²) in [5, 5.41) is 4.44. The van der Waals surface area contributed by atoms with Crippen LogP contribution in [0, 0.1) is 0 Å². The molecule has 1 atom stereocenters. The van der Waals surface area contributed by atoms with Crippen LogP contribution < -0.4 is 4.90 Å². The molecule has 34 heavy (non-hydrogen) atoms. The number of carbonyl (C=O) groups is 2. The number of fused-ring (bicyclic) bond motifs is 2. The third-order valence-electron chi connectivity index (χ3n) is 6.50. The summed E-state index contributed by atoms with van der Waals surface area (Å²) in [4.78, 5) is 34.6. The average Bonchev–Trinajstić information content (AvgIpc) is 3.35. The molecule has 3 heterocycles. The monoisotopic (exact) mass is 457 g/mol. The van der Waals surface area contributed by atoms with Gasteiger partial charge in [-0.1, -0.05) is 54.6 Å². The van der Waals surface area contributed by atoms with Crippen molar-refractivity contribution < 1.29 is 14.3 Å². The molecule has 0 N–H and O–H groups in total. The maximum Gasteiger partial charge on any atom is 0.338 e. The summed E-state index contributed by atoms with van der Waals surface area (Å²) in [5.41, 5.74) is 4.47. The number of aromatic nitrogens is 3. The number of rotatable bonds is 5. The van der Waals surface area contributed by atoms with E-state index in [4.69, 9.17) is 4.74 Å². The molecule has 0 aliphatic carbocycles. The first-order chi connectivity index (χ1) is 16.6. The summed E-state index contributed by atoms with van der Waals surface area (Å²) in [7, 11) is 0. The van der Waals surface area contributed by atoms with Crippen LogP contribution in [0.25, 0.3) is 0 Å². The Hall–Kier alpha value is -3.94. The van der Waals surface area contributed by atoms with E-state index in [1.807, 2.05) is 54.3 Å². The summed E-state index contributed by atoms with van der Waals surface area (Å²) in [6, 6.07) is 17.4. The van der Waals surface area contributed by atoms with Crippen LogP contribution in [-0.4, -0.2) is 51.2 Å². The number of allylic oxidation sites excluding steroid dienone is 1. The van der Waals surface area contributed by atoms with Crippen LogP contribution in [-0.2, 0) is 27.3 Å². The van der Waals surface area contributed by atoms with Gasteiger partial charge in [0, 0.05) is 18.8 Å². The Bertz CT molecular complexity index is 1250. The summed E-state index contributed by atoms with van der Waals surface area (Å²) >= 11 is 0. The first-order valence-corrected chi connectivity index (χ1v) is 11.5. The maximum atomic E-state index is 13.4. The molecule has 3 aromatic rings. The number of hydrogen-bond acceptors (Lipinski definition) is 6. The van der Waals surface area contributed by atoms with Gasteiger partial charge in [-0.25, -0.2) is 9.48 Å². The molecule has 0 fully saturated rings. The van der Waals surface area contributed by atoms with Gasteiger partial charge < -0.3 is 14.5 Å². The van der Waals surface area contributed by atoms with Gasteiger partial charge in [0.15, 0.2) is 0 Å². The van der Waals surface area contributed by atoms with E-state index in [1.54, 1.807) is 16.5 Å². The molecule has 0 bridgehead atoms. The normalized spacial score (nSPS) is 17.3. The van der Waals surface area contributed by atoms with Crippen molar-refractivity contribution in [3.8, 4) is 0 Å². The van der Waals surface area contributed by atoms with E-state index >= 15 is 0 Å². The number of ether oxygens (including phenoxy) is 1. The quantitative estimate of drug-likeness (QED) is 0.548. The number of hydrogen-bond donors (Lipinski definition) is 0. The largest absolute Gasteiger partial charge is 0.463 e. The van der Waals surface area contributed by atoms with E-state index in [2.05, 4.69) is 22.2 Å². The molecule has 0 saturated carbocycles. The number of nitrogens with zero attached hydrogens (tertiary/aromatic N) is 5. The van der Waals surface area contributed by atoms with Crippen molar-refractivity contribution in [2.24, 2.45) is 0 Å². The van der Waals surface area contributed by atoms with Crippen LogP contribution in [0.1, 0.15) is 36.6 Å². The third kappa shape index (κ3) is 3.85. The van der Waals surface area contributed by atoms with E-state index in [9.17, 15) is 9.59 Å². The van der Waals surface area contributed by atoms with Crippen molar-refractivity contribution >= 4 is 17.8 Å². The van der Waals surface area contributed by atoms with Crippen molar-refractivity contribution in [1.29, 1.82) is 0 Å². The lowest BCUT2D eigenvalue weighted by Crippen LogP contribution is -2.45. The van der Waals surface area contributed by atoms with Crippen molar-refractivity contribution in [1.82, 2.24) is 19.7 Å². The van der Waals surface area contributed by atoms with Crippen molar-refractivity contribution in [3.63, 3.8) is 0 Å². The second kappa shape index (κ2) is 9.13. The fourth-order valence-corrected chi connectivity index (χ4v) is 4.78. The second-order valence-corrected chi connectivity index (χ2v) is 8.46. The molecular formula is C26H27N5O3. The van der Waals surface area contributed by atoms with Crippen LogP contribution in [0.4, 0.5) is 5.95 Å². The van der Waals surface area contributed by atoms with Gasteiger partial charge in [-0.05, 0) is 37.0 Å². The highest BCUT2D eigenvalue weighted by molar-refractivity contribution is 5.93. The highest BCUT2D eigenvalue weighted by Gasteiger charge is 2.39. The zero-order chi connectivity index (χ0) is 23.7. The van der Waals surface area contributed by atoms with Gasteiger partial charge in [0.05, 0.1) is 12.2 Å². The molecule has 8 nitrogen and oxygen atoms in total. The smallest absolute Gasteiger partial charge is 0.338 e. The van der Waals surface area contributed by atoms with Gasteiger partial charge in [-0.2, -0.15) is 10.1 Å². The molecule has 2 aliphatic heterocycles. The van der Waals surface area contributed by atoms with Crippen molar-refractivity contribution in [3.05, 3.63) is 88.9 Å². The molecular weight excluding hydrogens is 430 g/mol. The minimum atomic E-state index is -0.481. The molecule has 1 amide bonds. The minimum Gasteiger partial charge on any atom is -0.463 e. The fraction of sp³-hybridized carbons (Fsp3) is 0.308. The first-order valence-electron chi connectivity index (χ1n) is 11.5. The number of esters is 1. The van der Waals surface area contributed by atoms with Crippen LogP contribution in [0.15, 0.2) is 72.2 Å². The van der Waals surface area contributed by atoms with Gasteiger partial charge in [0.2, 0.25) is 11.9 Å². The molecule has 0 radical (unpaired) electrons. The SMILES string of the molecule is CCOC(=O)C1=C(C)N(CC(=O)N2CCc3ccccc3C2)c2ncnn2[C@H]1c1ccccc1. The number of carbonyl (C=O) groups excluding carboxylic acids is 2. The molecule has 174 valence electrons. The number of anilines is 1. The average molecular weight is 458 g/mol. The predicted molar refractivity (Wildman–Crippen MR) is 127 cm³/mol. The maximum absolute atomic E-state index is 13.4. The lowest BCUT2D eigenvalue weighted by Gasteiger charge is -2.36. The van der Waals surface area contributed by atoms with E-state index in [-0.39, 0.29) is 19.1 Å². The Morgan fingerprint density at radius 2 is 1.79 bits per heavy atom. The minimum absolute atomic E-state index is 0.0234. The van der Waals surface area contributed by atoms with E-state index in [0.29, 0.717) is 30.3 Å². The molecule has 2 aromatic carbocycles. The highest BCUT2D eigenvalue weighted by Crippen LogP contribution is 2.38. The Morgan fingerprint density at radius 1 is 1.06 bits per heavy atom. The summed E-state index contributed by atoms with van der Waals surface area (Å²) in [6.45, 7) is 5.19. The van der Waals surface area contributed by atoms with Crippen LogP contribution in [0.3, 0.4) is 0 Å². The van der Waals surface area contributed by atoms with Crippen molar-refractivity contribution in [2.75, 3.05) is 24.6 Å². The van der Waals surface area contributed by atoms with Crippen LogP contribution in [0.5, 0.6) is 0 Å². The Labute approximate surface area is 198 Å². The molecule has 1 aromatic heterocycles. The van der Waals surface area contributed by atoms with Gasteiger partial charge >= 0.3 is 5.97 Å². The Morgan fingerprint density at radius 3 is 2.56 bits per heavy atom. The molecule has 2 aliphatic rings. The van der Waals surface area contributed by atoms with Gasteiger partial charge in [0.1, 0.15) is 18.9 Å². The van der Waals surface area contributed by atoms with Gasteiger partial charge in [-0.3, -0.25) is 4.79 Å². The third-order valence-corrected chi connectivity index (χ3v) is 6.50. The molecule has 8 heteroatoms. The highest BCUT2D eigenvalue weighted by atomic mass is 16.5. The zero-order valence-electron chi connectivity index (χ0n) is 19.3. The lowest BCUT2D eigenvalue weighted by atomic mass is 9.95. The van der Waals surface area contributed by atoms with Gasteiger partial charge in [-0.15, -0.1) is 0 Å².